The summed E-state index contributed by atoms with van der Waals surface area (Å²) in [4.78, 5) is 0. The van der Waals surface area contributed by atoms with Crippen molar-refractivity contribution in [2.75, 3.05) is 0 Å². The smallest absolute Gasteiger partial charge is 0.0195 e. The van der Waals surface area contributed by atoms with Crippen LogP contribution in [0, 0.1) is 41.4 Å². The van der Waals surface area contributed by atoms with E-state index in [4.69, 9.17) is 12.6 Å². The van der Waals surface area contributed by atoms with Crippen molar-refractivity contribution in [3.8, 4) is 0 Å². The van der Waals surface area contributed by atoms with Crippen molar-refractivity contribution in [3.05, 3.63) is 0 Å². The van der Waals surface area contributed by atoms with E-state index in [0.29, 0.717) is 4.75 Å². The fraction of sp³-hybridized carbons (Fsp3) is 1.00. The third kappa shape index (κ3) is 0.432. The van der Waals surface area contributed by atoms with E-state index in [9.17, 15) is 0 Å². The van der Waals surface area contributed by atoms with Gasteiger partial charge in [-0.15, -0.1) is 0 Å². The van der Waals surface area contributed by atoms with Crippen molar-refractivity contribution >= 4 is 12.6 Å². The third-order valence-electron chi connectivity index (χ3n) is 6.63. The van der Waals surface area contributed by atoms with Crippen LogP contribution < -0.4 is 0 Å². The molecule has 0 aromatic carbocycles. The molecule has 5 aliphatic carbocycles. The number of fused-ring (bicyclic) bond motifs is 10. The Kier molecular flexibility index (Phi) is 0.842. The Balaban J connectivity index is 1.54. The molecule has 0 saturated heterocycles. The molecule has 8 unspecified atom stereocenters. The van der Waals surface area contributed by atoms with Crippen LogP contribution in [-0.2, 0) is 0 Å². The molecule has 5 rings (SSSR count). The Labute approximate surface area is 84.9 Å². The average Bonchev–Trinajstić information content (AvgIpc) is 2.07. The summed E-state index contributed by atoms with van der Waals surface area (Å²) >= 11 is 4.96. The fourth-order valence-electron chi connectivity index (χ4n) is 5.94. The summed E-state index contributed by atoms with van der Waals surface area (Å²) in [6.45, 7) is 0. The van der Waals surface area contributed by atoms with Crippen molar-refractivity contribution < 1.29 is 0 Å². The zero-order chi connectivity index (χ0) is 8.37. The van der Waals surface area contributed by atoms with Gasteiger partial charge in [0.25, 0.3) is 0 Å². The van der Waals surface area contributed by atoms with Crippen LogP contribution in [0.5, 0.6) is 0 Å². The highest BCUT2D eigenvalue weighted by Crippen LogP contribution is 2.85. The average molecular weight is 192 g/mol. The number of hydrogen-bond acceptors (Lipinski definition) is 1. The molecule has 70 valence electrons. The molecule has 0 aliphatic heterocycles. The lowest BCUT2D eigenvalue weighted by molar-refractivity contribution is -0.346. The molecule has 0 N–H and O–H groups in total. The molecule has 8 atom stereocenters. The minimum atomic E-state index is 0.576. The van der Waals surface area contributed by atoms with Crippen LogP contribution in [-0.4, -0.2) is 4.75 Å². The number of thiol groups is 1. The normalized spacial score (nSPS) is 80.5. The molecule has 1 heteroatoms. The SMILES string of the molecule is SC12CCC1C1C3C4CCC4C3C12. The standard InChI is InChI=1S/C12H16S/c13-12-4-3-7(12)10-8-5-1-2-6(5)9(8)11(10)12/h5-11,13H,1-4H2. The molecule has 0 spiro atoms. The summed E-state index contributed by atoms with van der Waals surface area (Å²) in [7, 11) is 0. The van der Waals surface area contributed by atoms with E-state index in [0.717, 1.165) is 11.8 Å². The Hall–Kier alpha value is 0.350. The van der Waals surface area contributed by atoms with Crippen molar-refractivity contribution in [1.29, 1.82) is 0 Å². The minimum Gasteiger partial charge on any atom is -0.172 e. The predicted octanol–water partition coefficient (Wildman–Crippen LogP) is 2.60. The van der Waals surface area contributed by atoms with Gasteiger partial charge in [-0.3, -0.25) is 0 Å². The van der Waals surface area contributed by atoms with Crippen LogP contribution in [0.1, 0.15) is 25.7 Å². The zero-order valence-electron chi connectivity index (χ0n) is 7.82. The highest BCUT2D eigenvalue weighted by Gasteiger charge is 2.82. The van der Waals surface area contributed by atoms with Crippen molar-refractivity contribution in [3.63, 3.8) is 0 Å². The first-order valence-corrected chi connectivity index (χ1v) is 6.49. The van der Waals surface area contributed by atoms with Crippen LogP contribution in [0.4, 0.5) is 0 Å². The van der Waals surface area contributed by atoms with Gasteiger partial charge < -0.3 is 0 Å². The van der Waals surface area contributed by atoms with Crippen LogP contribution >= 0.6 is 12.6 Å². The molecule has 0 nitrogen and oxygen atoms in total. The molecule has 13 heavy (non-hydrogen) atoms. The van der Waals surface area contributed by atoms with Crippen LogP contribution in [0.15, 0.2) is 0 Å². The lowest BCUT2D eigenvalue weighted by Crippen LogP contribution is -2.84. The Bertz CT molecular complexity index is 306. The predicted molar refractivity (Wildman–Crippen MR) is 54.6 cm³/mol. The second kappa shape index (κ2) is 1.62. The van der Waals surface area contributed by atoms with Crippen LogP contribution in [0.3, 0.4) is 0 Å². The Morgan fingerprint density at radius 3 is 2.31 bits per heavy atom. The van der Waals surface area contributed by atoms with Gasteiger partial charge in [0.05, 0.1) is 0 Å². The maximum absolute atomic E-state index is 4.96. The van der Waals surface area contributed by atoms with Gasteiger partial charge in [-0.25, -0.2) is 0 Å². The van der Waals surface area contributed by atoms with Crippen molar-refractivity contribution in [2.24, 2.45) is 41.4 Å². The molecule has 0 amide bonds. The lowest BCUT2D eigenvalue weighted by Gasteiger charge is -2.86. The van der Waals surface area contributed by atoms with E-state index in [1.807, 2.05) is 0 Å². The van der Waals surface area contributed by atoms with Gasteiger partial charge in [0, 0.05) is 4.75 Å². The zero-order valence-corrected chi connectivity index (χ0v) is 8.71. The van der Waals surface area contributed by atoms with Gasteiger partial charge in [-0.05, 0) is 67.1 Å². The summed E-state index contributed by atoms with van der Waals surface area (Å²) in [6.07, 6.45) is 6.12. The van der Waals surface area contributed by atoms with Gasteiger partial charge in [0.15, 0.2) is 0 Å². The molecular formula is C12H16S. The molecule has 0 bridgehead atoms. The summed E-state index contributed by atoms with van der Waals surface area (Å²) in [5, 5.41) is 0. The largest absolute Gasteiger partial charge is 0.172 e. The van der Waals surface area contributed by atoms with Gasteiger partial charge >= 0.3 is 0 Å². The third-order valence-corrected chi connectivity index (χ3v) is 7.48. The van der Waals surface area contributed by atoms with E-state index in [1.54, 1.807) is 12.8 Å². The highest BCUT2D eigenvalue weighted by molar-refractivity contribution is 7.82. The van der Waals surface area contributed by atoms with Gasteiger partial charge in [-0.1, -0.05) is 0 Å². The van der Waals surface area contributed by atoms with E-state index in [-0.39, 0.29) is 0 Å². The van der Waals surface area contributed by atoms with Gasteiger partial charge in [0.2, 0.25) is 0 Å². The number of hydrogen-bond donors (Lipinski definition) is 1. The maximum atomic E-state index is 4.96. The lowest BCUT2D eigenvalue weighted by atomic mass is 9.21. The molecule has 5 fully saturated rings. The quantitative estimate of drug-likeness (QED) is 0.442. The van der Waals surface area contributed by atoms with Crippen LogP contribution in [0.2, 0.25) is 0 Å². The van der Waals surface area contributed by atoms with E-state index in [1.165, 1.54) is 42.4 Å². The molecule has 0 radical (unpaired) electrons. The second-order valence-electron chi connectivity index (χ2n) is 6.30. The first-order valence-electron chi connectivity index (χ1n) is 6.05. The Morgan fingerprint density at radius 1 is 0.923 bits per heavy atom. The summed E-state index contributed by atoms with van der Waals surface area (Å²) in [5.41, 5.74) is 0. The van der Waals surface area contributed by atoms with Gasteiger partial charge in [0.1, 0.15) is 0 Å². The number of rotatable bonds is 0. The topological polar surface area (TPSA) is 0 Å². The first-order chi connectivity index (χ1) is 6.32. The van der Waals surface area contributed by atoms with E-state index < -0.39 is 0 Å². The van der Waals surface area contributed by atoms with Gasteiger partial charge in [-0.2, -0.15) is 12.6 Å². The van der Waals surface area contributed by atoms with E-state index >= 15 is 0 Å². The Morgan fingerprint density at radius 2 is 1.69 bits per heavy atom. The summed E-state index contributed by atoms with van der Waals surface area (Å²) in [5.74, 6) is 8.15. The monoisotopic (exact) mass is 192 g/mol. The molecule has 5 aliphatic rings. The molecule has 5 saturated carbocycles. The van der Waals surface area contributed by atoms with E-state index in [2.05, 4.69) is 0 Å². The summed E-state index contributed by atoms with van der Waals surface area (Å²) < 4.78 is 0.576. The van der Waals surface area contributed by atoms with Crippen molar-refractivity contribution in [2.45, 2.75) is 30.4 Å². The first kappa shape index (κ1) is 6.76. The fourth-order valence-corrected chi connectivity index (χ4v) is 6.72. The molecule has 0 aromatic rings. The van der Waals surface area contributed by atoms with Crippen molar-refractivity contribution in [1.82, 2.24) is 0 Å². The molecule has 0 aromatic heterocycles. The molecule has 0 heterocycles. The van der Waals surface area contributed by atoms with Crippen LogP contribution in [0.25, 0.3) is 0 Å². The minimum absolute atomic E-state index is 0.576. The second-order valence-corrected chi connectivity index (χ2v) is 7.13. The molecular weight excluding hydrogens is 176 g/mol. The highest BCUT2D eigenvalue weighted by atomic mass is 32.1. The summed E-state index contributed by atoms with van der Waals surface area (Å²) in [6, 6.07) is 0. The maximum Gasteiger partial charge on any atom is 0.0195 e.